The first-order valence-electron chi connectivity index (χ1n) is 9.87. The molecule has 4 rings (SSSR count). The van der Waals surface area contributed by atoms with Crippen LogP contribution in [0.4, 0.5) is 0 Å². The zero-order chi connectivity index (χ0) is 17.8. The lowest BCUT2D eigenvalue weighted by molar-refractivity contribution is -0.00000515. The van der Waals surface area contributed by atoms with Gasteiger partial charge in [0.25, 0.3) is 0 Å². The van der Waals surface area contributed by atoms with Crippen molar-refractivity contribution in [2.24, 2.45) is 0 Å². The second-order valence-corrected chi connectivity index (χ2v) is 11.1. The summed E-state index contributed by atoms with van der Waals surface area (Å²) in [6, 6.07) is 31.7. The Morgan fingerprint density at radius 3 is 1.67 bits per heavy atom. The third-order valence-electron chi connectivity index (χ3n) is 6.01. The summed E-state index contributed by atoms with van der Waals surface area (Å²) >= 11 is 0. The van der Waals surface area contributed by atoms with Gasteiger partial charge >= 0.3 is 0 Å². The van der Waals surface area contributed by atoms with Gasteiger partial charge in [-0.15, -0.1) is 0 Å². The van der Waals surface area contributed by atoms with Gasteiger partial charge in [-0.2, -0.15) is 0 Å². The maximum atomic E-state index is 2.51. The highest BCUT2D eigenvalue weighted by molar-refractivity contribution is 7.95. The van der Waals surface area contributed by atoms with Gasteiger partial charge in [0.2, 0.25) is 0 Å². The van der Waals surface area contributed by atoms with Crippen LogP contribution in [-0.2, 0) is 0 Å². The number of halogens is 1. The minimum absolute atomic E-state index is 0. The van der Waals surface area contributed by atoms with Crippen LogP contribution >= 0.6 is 7.26 Å². The van der Waals surface area contributed by atoms with E-state index in [1.54, 1.807) is 10.9 Å². The van der Waals surface area contributed by atoms with Gasteiger partial charge < -0.3 is 17.0 Å². The highest BCUT2D eigenvalue weighted by Gasteiger charge is 2.42. The van der Waals surface area contributed by atoms with E-state index in [-0.39, 0.29) is 17.0 Å². The Morgan fingerprint density at radius 2 is 1.11 bits per heavy atom. The second kappa shape index (κ2) is 9.18. The van der Waals surface area contributed by atoms with Crippen molar-refractivity contribution in [3.63, 3.8) is 0 Å². The van der Waals surface area contributed by atoms with Crippen LogP contribution in [0.3, 0.4) is 0 Å². The molecular formula is C25H28BrP. The summed E-state index contributed by atoms with van der Waals surface area (Å²) in [7, 11) is -1.63. The zero-order valence-electron chi connectivity index (χ0n) is 16.0. The number of hydrogen-bond acceptors (Lipinski definition) is 0. The quantitative estimate of drug-likeness (QED) is 0.549. The molecule has 1 fully saturated rings. The molecule has 0 nitrogen and oxygen atoms in total. The summed E-state index contributed by atoms with van der Waals surface area (Å²) in [5.41, 5.74) is 1.61. The summed E-state index contributed by atoms with van der Waals surface area (Å²) in [4.78, 5) is 0. The lowest BCUT2D eigenvalue weighted by atomic mass is 9.84. The number of rotatable bonds is 4. The molecule has 140 valence electrons. The first kappa shape index (κ1) is 20.3. The molecule has 0 atom stereocenters. The van der Waals surface area contributed by atoms with Gasteiger partial charge in [0.05, 0.1) is 6.66 Å². The largest absolute Gasteiger partial charge is 1.00 e. The van der Waals surface area contributed by atoms with E-state index in [1.807, 2.05) is 0 Å². The average Bonchev–Trinajstić information content (AvgIpc) is 2.75. The number of hydrogen-bond donors (Lipinski definition) is 0. The van der Waals surface area contributed by atoms with Gasteiger partial charge in [0.15, 0.2) is 0 Å². The minimum Gasteiger partial charge on any atom is -1.00 e. The third-order valence-corrected chi connectivity index (χ3v) is 10.0. The zero-order valence-corrected chi connectivity index (χ0v) is 18.5. The molecule has 1 aliphatic rings. The van der Waals surface area contributed by atoms with Crippen molar-refractivity contribution in [2.45, 2.75) is 38.0 Å². The van der Waals surface area contributed by atoms with E-state index in [4.69, 9.17) is 0 Å². The van der Waals surface area contributed by atoms with E-state index in [1.165, 1.54) is 42.7 Å². The summed E-state index contributed by atoms with van der Waals surface area (Å²) in [5.74, 6) is 0.728. The fourth-order valence-electron chi connectivity index (χ4n) is 4.53. The van der Waals surface area contributed by atoms with E-state index in [0.29, 0.717) is 0 Å². The molecule has 1 saturated carbocycles. The molecule has 0 spiro atoms. The van der Waals surface area contributed by atoms with E-state index in [0.717, 1.165) is 5.92 Å². The Kier molecular flexibility index (Phi) is 6.90. The molecular weight excluding hydrogens is 411 g/mol. The maximum absolute atomic E-state index is 2.51. The SMILES string of the molecule is C[P+](c1ccccc1)(c1ccccc1)c1ccccc1C1CCCCC1.[Br-]. The average molecular weight is 439 g/mol. The van der Waals surface area contributed by atoms with Crippen LogP contribution in [0, 0.1) is 0 Å². The van der Waals surface area contributed by atoms with Crippen LogP contribution in [0.5, 0.6) is 0 Å². The fraction of sp³-hybridized carbons (Fsp3) is 0.280. The molecule has 0 aromatic heterocycles. The maximum Gasteiger partial charge on any atom is 0.109 e. The second-order valence-electron chi connectivity index (χ2n) is 7.57. The van der Waals surface area contributed by atoms with Gasteiger partial charge in [-0.25, -0.2) is 0 Å². The molecule has 0 unspecified atom stereocenters. The summed E-state index contributed by atoms with van der Waals surface area (Å²) in [6.07, 6.45) is 6.86. The van der Waals surface area contributed by atoms with Crippen molar-refractivity contribution < 1.29 is 17.0 Å². The fourth-order valence-corrected chi connectivity index (χ4v) is 8.08. The van der Waals surface area contributed by atoms with Crippen molar-refractivity contribution in [1.82, 2.24) is 0 Å². The molecule has 0 aliphatic heterocycles. The summed E-state index contributed by atoms with van der Waals surface area (Å²) in [6.45, 7) is 2.51. The van der Waals surface area contributed by atoms with Crippen LogP contribution in [-0.4, -0.2) is 6.66 Å². The molecule has 0 amide bonds. The van der Waals surface area contributed by atoms with Gasteiger partial charge in [-0.05, 0) is 54.7 Å². The Labute approximate surface area is 175 Å². The minimum atomic E-state index is -1.63. The highest BCUT2D eigenvalue weighted by atomic mass is 79.9. The Morgan fingerprint density at radius 1 is 0.630 bits per heavy atom. The van der Waals surface area contributed by atoms with Gasteiger partial charge in [-0.3, -0.25) is 0 Å². The molecule has 0 saturated heterocycles. The molecule has 2 heteroatoms. The first-order chi connectivity index (χ1) is 12.8. The van der Waals surface area contributed by atoms with Crippen LogP contribution < -0.4 is 32.9 Å². The van der Waals surface area contributed by atoms with E-state index >= 15 is 0 Å². The predicted octanol–water partition coefficient (Wildman–Crippen LogP) is 2.66. The molecule has 3 aromatic carbocycles. The van der Waals surface area contributed by atoms with Gasteiger partial charge in [-0.1, -0.05) is 73.9 Å². The highest BCUT2D eigenvalue weighted by Crippen LogP contribution is 2.53. The molecule has 0 bridgehead atoms. The standard InChI is InChI=1S/C25H28P.BrH/c1-26(22-15-7-3-8-16-22,23-17-9-4-10-18-23)25-20-12-11-19-24(25)21-13-5-2-6-14-21;/h3-4,7-12,15-21H,2,5-6,13-14H2,1H3;1H/q+1;/p-1. The van der Waals surface area contributed by atoms with Crippen molar-refractivity contribution in [1.29, 1.82) is 0 Å². The summed E-state index contributed by atoms with van der Waals surface area (Å²) < 4.78 is 0. The van der Waals surface area contributed by atoms with Crippen molar-refractivity contribution in [3.05, 3.63) is 90.5 Å². The van der Waals surface area contributed by atoms with Gasteiger partial charge in [0.1, 0.15) is 23.2 Å². The van der Waals surface area contributed by atoms with E-state index in [9.17, 15) is 0 Å². The van der Waals surface area contributed by atoms with E-state index in [2.05, 4.69) is 91.6 Å². The number of benzene rings is 3. The van der Waals surface area contributed by atoms with E-state index < -0.39 is 7.26 Å². The van der Waals surface area contributed by atoms with Crippen LogP contribution in [0.25, 0.3) is 0 Å². The molecule has 0 radical (unpaired) electrons. The Hall–Kier alpha value is -1.43. The third kappa shape index (κ3) is 4.05. The first-order valence-corrected chi connectivity index (χ1v) is 12.1. The van der Waals surface area contributed by atoms with Crippen LogP contribution in [0.2, 0.25) is 0 Å². The van der Waals surface area contributed by atoms with Crippen molar-refractivity contribution >= 4 is 23.2 Å². The topological polar surface area (TPSA) is 0 Å². The Bertz CT molecular complexity index is 799. The van der Waals surface area contributed by atoms with Crippen molar-refractivity contribution in [2.75, 3.05) is 6.66 Å². The molecule has 1 aliphatic carbocycles. The van der Waals surface area contributed by atoms with Crippen molar-refractivity contribution in [3.8, 4) is 0 Å². The molecule has 0 N–H and O–H groups in total. The predicted molar refractivity (Wildman–Crippen MR) is 117 cm³/mol. The lowest BCUT2D eigenvalue weighted by Crippen LogP contribution is -3.00. The lowest BCUT2D eigenvalue weighted by Gasteiger charge is -2.29. The molecule has 0 heterocycles. The van der Waals surface area contributed by atoms with Crippen LogP contribution in [0.15, 0.2) is 84.9 Å². The Balaban J connectivity index is 0.00000210. The smallest absolute Gasteiger partial charge is 0.109 e. The van der Waals surface area contributed by atoms with Gasteiger partial charge in [0, 0.05) is 0 Å². The monoisotopic (exact) mass is 438 g/mol. The molecule has 27 heavy (non-hydrogen) atoms. The summed E-state index contributed by atoms with van der Waals surface area (Å²) in [5, 5.41) is 4.55. The van der Waals surface area contributed by atoms with Crippen LogP contribution in [0.1, 0.15) is 43.6 Å². The normalized spacial score (nSPS) is 15.1. The molecule has 3 aromatic rings.